The van der Waals surface area contributed by atoms with Crippen LogP contribution in [-0.4, -0.2) is 37.5 Å². The van der Waals surface area contributed by atoms with Gasteiger partial charge in [-0.15, -0.1) is 0 Å². The molecule has 1 amide bonds. The topological polar surface area (TPSA) is 23.6 Å². The second-order valence-corrected chi connectivity index (χ2v) is 5.23. The molecule has 0 saturated carbocycles. The number of fused-ring (bicyclic) bond motifs is 3. The van der Waals surface area contributed by atoms with Crippen molar-refractivity contribution in [2.45, 2.75) is 12.8 Å². The smallest absolute Gasteiger partial charge is 0.219 e. The van der Waals surface area contributed by atoms with E-state index >= 15 is 0 Å². The first-order valence-electron chi connectivity index (χ1n) is 6.22. The van der Waals surface area contributed by atoms with Gasteiger partial charge < -0.3 is 9.80 Å². The zero-order valence-corrected chi connectivity index (χ0v) is 10.4. The van der Waals surface area contributed by atoms with Gasteiger partial charge in [0.15, 0.2) is 0 Å². The van der Waals surface area contributed by atoms with Gasteiger partial charge in [0.25, 0.3) is 0 Å². The molecule has 1 aromatic carbocycles. The van der Waals surface area contributed by atoms with Crippen molar-refractivity contribution in [3.8, 4) is 0 Å². The fourth-order valence-electron chi connectivity index (χ4n) is 3.26. The Bertz CT molecular complexity index is 457. The molecule has 2 aliphatic heterocycles. The summed E-state index contributed by atoms with van der Waals surface area (Å²) in [6, 6.07) is 8.59. The summed E-state index contributed by atoms with van der Waals surface area (Å²) < 4.78 is 0. The first kappa shape index (κ1) is 10.6. The lowest BCUT2D eigenvalue weighted by molar-refractivity contribution is -0.127. The Labute approximate surface area is 102 Å². The molecule has 1 saturated heterocycles. The molecule has 1 fully saturated rings. The maximum atomic E-state index is 11.5. The van der Waals surface area contributed by atoms with E-state index in [0.717, 1.165) is 19.6 Å². The Hall–Kier alpha value is -1.51. The summed E-state index contributed by atoms with van der Waals surface area (Å²) in [5.74, 6) is 1.34. The maximum absolute atomic E-state index is 11.5. The fourth-order valence-corrected chi connectivity index (χ4v) is 3.26. The average molecular weight is 230 g/mol. The van der Waals surface area contributed by atoms with Crippen molar-refractivity contribution in [3.63, 3.8) is 0 Å². The normalized spacial score (nSPS) is 26.7. The zero-order valence-electron chi connectivity index (χ0n) is 10.4. The predicted molar refractivity (Wildman–Crippen MR) is 68.2 cm³/mol. The lowest BCUT2D eigenvalue weighted by atomic mass is 9.84. The second-order valence-electron chi connectivity index (χ2n) is 5.23. The molecule has 2 heterocycles. The number of carbonyl (C=O) groups excluding carboxylic acids is 1. The van der Waals surface area contributed by atoms with Crippen LogP contribution in [0.3, 0.4) is 0 Å². The number of hydrogen-bond acceptors (Lipinski definition) is 2. The van der Waals surface area contributed by atoms with Gasteiger partial charge in [-0.1, -0.05) is 18.2 Å². The number of anilines is 1. The monoisotopic (exact) mass is 230 g/mol. The molecule has 0 N–H and O–H groups in total. The van der Waals surface area contributed by atoms with Gasteiger partial charge in [0, 0.05) is 51.1 Å². The molecule has 0 bridgehead atoms. The Morgan fingerprint density at radius 2 is 2.00 bits per heavy atom. The van der Waals surface area contributed by atoms with E-state index in [-0.39, 0.29) is 5.91 Å². The molecule has 0 aromatic heterocycles. The van der Waals surface area contributed by atoms with Crippen molar-refractivity contribution in [1.82, 2.24) is 4.90 Å². The minimum absolute atomic E-state index is 0.208. The van der Waals surface area contributed by atoms with E-state index in [4.69, 9.17) is 0 Å². The summed E-state index contributed by atoms with van der Waals surface area (Å²) >= 11 is 0. The van der Waals surface area contributed by atoms with Crippen LogP contribution in [0.4, 0.5) is 5.69 Å². The Morgan fingerprint density at radius 1 is 1.24 bits per heavy atom. The van der Waals surface area contributed by atoms with Crippen LogP contribution in [0.15, 0.2) is 24.3 Å². The van der Waals surface area contributed by atoms with E-state index in [1.807, 2.05) is 4.90 Å². The van der Waals surface area contributed by atoms with E-state index < -0.39 is 0 Å². The third-order valence-corrected chi connectivity index (χ3v) is 4.14. The summed E-state index contributed by atoms with van der Waals surface area (Å²) in [4.78, 5) is 15.8. The summed E-state index contributed by atoms with van der Waals surface area (Å²) in [6.45, 7) is 4.54. The van der Waals surface area contributed by atoms with E-state index in [2.05, 4.69) is 36.2 Å². The lowest BCUT2D eigenvalue weighted by Crippen LogP contribution is -2.34. The number of benzene rings is 1. The summed E-state index contributed by atoms with van der Waals surface area (Å²) in [5, 5.41) is 0. The average Bonchev–Trinajstić information content (AvgIpc) is 2.73. The molecule has 0 aliphatic carbocycles. The number of carbonyl (C=O) groups is 1. The van der Waals surface area contributed by atoms with E-state index in [1.165, 1.54) is 11.3 Å². The van der Waals surface area contributed by atoms with Crippen molar-refractivity contribution >= 4 is 11.6 Å². The molecule has 17 heavy (non-hydrogen) atoms. The van der Waals surface area contributed by atoms with Crippen LogP contribution in [0.1, 0.15) is 18.4 Å². The van der Waals surface area contributed by atoms with Crippen LogP contribution in [0.2, 0.25) is 0 Å². The minimum atomic E-state index is 0.208. The number of nitrogens with zero attached hydrogens (tertiary/aromatic N) is 2. The van der Waals surface area contributed by atoms with Gasteiger partial charge in [0.2, 0.25) is 5.91 Å². The molecular weight excluding hydrogens is 212 g/mol. The molecule has 1 aromatic rings. The highest BCUT2D eigenvalue weighted by Crippen LogP contribution is 2.41. The van der Waals surface area contributed by atoms with E-state index in [0.29, 0.717) is 11.8 Å². The van der Waals surface area contributed by atoms with Crippen LogP contribution in [0.25, 0.3) is 0 Å². The summed E-state index contributed by atoms with van der Waals surface area (Å²) in [7, 11) is 2.14. The van der Waals surface area contributed by atoms with Crippen molar-refractivity contribution < 1.29 is 4.79 Å². The number of amides is 1. The highest BCUT2D eigenvalue weighted by atomic mass is 16.2. The van der Waals surface area contributed by atoms with Gasteiger partial charge in [0.1, 0.15) is 0 Å². The van der Waals surface area contributed by atoms with Crippen LogP contribution >= 0.6 is 0 Å². The second kappa shape index (κ2) is 3.76. The molecule has 3 nitrogen and oxygen atoms in total. The molecule has 0 radical (unpaired) electrons. The standard InChI is InChI=1S/C14H18N2O/c1-10(17)16-8-11-7-15(2)14-6-4-3-5-12(14)13(11)9-16/h3-6,11,13H,7-9H2,1-2H3/t11-,13-/m1/s1. The van der Waals surface area contributed by atoms with Crippen molar-refractivity contribution in [2.24, 2.45) is 5.92 Å². The molecule has 3 rings (SSSR count). The Morgan fingerprint density at radius 3 is 2.76 bits per heavy atom. The van der Waals surface area contributed by atoms with Crippen LogP contribution < -0.4 is 4.90 Å². The molecule has 0 unspecified atom stereocenters. The van der Waals surface area contributed by atoms with Gasteiger partial charge >= 0.3 is 0 Å². The first-order chi connectivity index (χ1) is 8.16. The molecular formula is C14H18N2O. The summed E-state index contributed by atoms with van der Waals surface area (Å²) in [5.41, 5.74) is 2.74. The highest BCUT2D eigenvalue weighted by molar-refractivity contribution is 5.74. The SMILES string of the molecule is CC(=O)N1C[C@H]2CN(C)c3ccccc3[C@@H]2C1. The van der Waals surface area contributed by atoms with Gasteiger partial charge in [-0.05, 0) is 11.6 Å². The van der Waals surface area contributed by atoms with Gasteiger partial charge in [-0.25, -0.2) is 0 Å². The maximum Gasteiger partial charge on any atom is 0.219 e. The highest BCUT2D eigenvalue weighted by Gasteiger charge is 2.39. The third-order valence-electron chi connectivity index (χ3n) is 4.14. The number of likely N-dealkylation sites (tertiary alicyclic amines) is 1. The fraction of sp³-hybridized carbons (Fsp3) is 0.500. The van der Waals surface area contributed by atoms with E-state index in [9.17, 15) is 4.79 Å². The van der Waals surface area contributed by atoms with Crippen molar-refractivity contribution in [2.75, 3.05) is 31.6 Å². The van der Waals surface area contributed by atoms with Crippen LogP contribution in [0.5, 0.6) is 0 Å². The zero-order chi connectivity index (χ0) is 12.0. The molecule has 3 heteroatoms. The van der Waals surface area contributed by atoms with Gasteiger partial charge in [-0.2, -0.15) is 0 Å². The Balaban J connectivity index is 1.97. The lowest BCUT2D eigenvalue weighted by Gasteiger charge is -2.35. The van der Waals surface area contributed by atoms with Crippen molar-refractivity contribution in [1.29, 1.82) is 0 Å². The molecule has 2 atom stereocenters. The van der Waals surface area contributed by atoms with Crippen molar-refractivity contribution in [3.05, 3.63) is 29.8 Å². The Kier molecular flexibility index (Phi) is 2.35. The molecule has 90 valence electrons. The van der Waals surface area contributed by atoms with E-state index in [1.54, 1.807) is 6.92 Å². The summed E-state index contributed by atoms with van der Waals surface area (Å²) in [6.07, 6.45) is 0. The number of para-hydroxylation sites is 1. The first-order valence-corrected chi connectivity index (χ1v) is 6.22. The van der Waals surface area contributed by atoms with Crippen LogP contribution in [-0.2, 0) is 4.79 Å². The number of hydrogen-bond donors (Lipinski definition) is 0. The number of rotatable bonds is 0. The quantitative estimate of drug-likeness (QED) is 0.677. The predicted octanol–water partition coefficient (Wildman–Crippen LogP) is 1.70. The minimum Gasteiger partial charge on any atom is -0.374 e. The van der Waals surface area contributed by atoms with Crippen LogP contribution in [0, 0.1) is 5.92 Å². The third kappa shape index (κ3) is 1.61. The van der Waals surface area contributed by atoms with Gasteiger partial charge in [-0.3, -0.25) is 4.79 Å². The molecule has 2 aliphatic rings. The largest absolute Gasteiger partial charge is 0.374 e. The molecule has 0 spiro atoms. The van der Waals surface area contributed by atoms with Gasteiger partial charge in [0.05, 0.1) is 0 Å².